The van der Waals surface area contributed by atoms with Crippen LogP contribution in [0.4, 0.5) is 11.4 Å². The van der Waals surface area contributed by atoms with E-state index >= 15 is 0 Å². The number of amidine groups is 1. The normalized spacial score (nSPS) is 14.9. The summed E-state index contributed by atoms with van der Waals surface area (Å²) in [6, 6.07) is 15.3. The van der Waals surface area contributed by atoms with Crippen molar-refractivity contribution >= 4 is 83.6 Å². The predicted octanol–water partition coefficient (Wildman–Crippen LogP) is 5.13. The first-order valence-corrected chi connectivity index (χ1v) is 8.67. The van der Waals surface area contributed by atoms with Crippen LogP contribution in [0.25, 0.3) is 0 Å². The monoisotopic (exact) mass is 453 g/mol. The summed E-state index contributed by atoms with van der Waals surface area (Å²) in [5.74, 6) is 0.213. The van der Waals surface area contributed by atoms with Crippen LogP contribution in [0.3, 0.4) is 0 Å². The Kier molecular flexibility index (Phi) is 4.40. The second kappa shape index (κ2) is 6.16. The lowest BCUT2D eigenvalue weighted by Crippen LogP contribution is -2.32. The molecule has 2 aromatic rings. The van der Waals surface area contributed by atoms with Crippen molar-refractivity contribution in [1.82, 2.24) is 0 Å². The Hall–Kier alpha value is -1.15. The Morgan fingerprint density at radius 2 is 1.14 bits per heavy atom. The van der Waals surface area contributed by atoms with Gasteiger partial charge in [0.15, 0.2) is 15.9 Å². The zero-order chi connectivity index (χ0) is 15.9. The second-order valence-electron chi connectivity index (χ2n) is 4.56. The first kappa shape index (κ1) is 15.7. The summed E-state index contributed by atoms with van der Waals surface area (Å²) < 4.78 is 1.95. The van der Waals surface area contributed by atoms with Crippen LogP contribution in [0, 0.1) is 5.41 Å². The minimum absolute atomic E-state index is 0.213. The lowest BCUT2D eigenvalue weighted by atomic mass is 10.3. The molecule has 0 aromatic heterocycles. The number of anilines is 2. The van der Waals surface area contributed by atoms with E-state index in [-0.39, 0.29) is 5.84 Å². The van der Waals surface area contributed by atoms with E-state index in [9.17, 15) is 0 Å². The van der Waals surface area contributed by atoms with E-state index in [4.69, 9.17) is 29.8 Å². The summed E-state index contributed by atoms with van der Waals surface area (Å²) in [5.41, 5.74) is 1.67. The average molecular weight is 455 g/mol. The van der Waals surface area contributed by atoms with Crippen LogP contribution >= 0.6 is 56.3 Å². The van der Waals surface area contributed by atoms with Gasteiger partial charge >= 0.3 is 0 Å². The fourth-order valence-corrected chi connectivity index (χ4v) is 3.39. The van der Waals surface area contributed by atoms with Gasteiger partial charge in [0.05, 0.1) is 5.69 Å². The van der Waals surface area contributed by atoms with Crippen molar-refractivity contribution in [2.75, 3.05) is 9.80 Å². The fourth-order valence-electron chi connectivity index (χ4n) is 2.13. The summed E-state index contributed by atoms with van der Waals surface area (Å²) in [6.45, 7) is 0. The third kappa shape index (κ3) is 2.74. The molecule has 22 heavy (non-hydrogen) atoms. The molecule has 0 radical (unpaired) electrons. The third-order valence-corrected chi connectivity index (χ3v) is 4.98. The molecular formula is C15H9Br2N3S2. The Morgan fingerprint density at radius 1 is 0.727 bits per heavy atom. The molecule has 0 saturated carbocycles. The minimum Gasteiger partial charge on any atom is -0.281 e. The summed E-state index contributed by atoms with van der Waals surface area (Å²) >= 11 is 17.8. The van der Waals surface area contributed by atoms with Crippen LogP contribution < -0.4 is 9.80 Å². The Balaban J connectivity index is 2.00. The molecule has 0 aliphatic carbocycles. The van der Waals surface area contributed by atoms with E-state index in [1.807, 2.05) is 48.5 Å². The lowest BCUT2D eigenvalue weighted by Gasteiger charge is -2.20. The van der Waals surface area contributed by atoms with Gasteiger partial charge in [0, 0.05) is 14.6 Å². The highest BCUT2D eigenvalue weighted by Crippen LogP contribution is 2.29. The zero-order valence-electron chi connectivity index (χ0n) is 11.1. The van der Waals surface area contributed by atoms with Gasteiger partial charge in [0.1, 0.15) is 0 Å². The van der Waals surface area contributed by atoms with Gasteiger partial charge in [-0.25, -0.2) is 0 Å². The molecule has 1 saturated heterocycles. The van der Waals surface area contributed by atoms with Gasteiger partial charge in [0.25, 0.3) is 0 Å². The van der Waals surface area contributed by atoms with E-state index in [2.05, 4.69) is 31.9 Å². The highest BCUT2D eigenvalue weighted by Gasteiger charge is 2.37. The van der Waals surface area contributed by atoms with Crippen molar-refractivity contribution in [3.8, 4) is 0 Å². The number of halogens is 2. The van der Waals surface area contributed by atoms with Crippen molar-refractivity contribution in [2.45, 2.75) is 0 Å². The van der Waals surface area contributed by atoms with E-state index in [0.717, 1.165) is 20.3 Å². The first-order chi connectivity index (χ1) is 10.5. The Labute approximate surface area is 155 Å². The molecule has 3 nitrogen and oxygen atoms in total. The predicted molar refractivity (Wildman–Crippen MR) is 106 cm³/mol. The molecule has 1 aliphatic rings. The number of nitrogens with zero attached hydrogens (tertiary/aromatic N) is 2. The van der Waals surface area contributed by atoms with Gasteiger partial charge in [-0.3, -0.25) is 15.2 Å². The molecule has 0 atom stereocenters. The Morgan fingerprint density at radius 3 is 1.59 bits per heavy atom. The van der Waals surface area contributed by atoms with Gasteiger partial charge in [0.2, 0.25) is 0 Å². The maximum absolute atomic E-state index is 8.29. The third-order valence-electron chi connectivity index (χ3n) is 3.18. The van der Waals surface area contributed by atoms with Crippen molar-refractivity contribution < 1.29 is 0 Å². The van der Waals surface area contributed by atoms with Crippen LogP contribution in [0.15, 0.2) is 57.5 Å². The van der Waals surface area contributed by atoms with Gasteiger partial charge in [-0.1, -0.05) is 44.1 Å². The smallest absolute Gasteiger partial charge is 0.192 e. The van der Waals surface area contributed by atoms with Gasteiger partial charge in [-0.15, -0.1) is 0 Å². The highest BCUT2D eigenvalue weighted by molar-refractivity contribution is 9.10. The quantitative estimate of drug-likeness (QED) is 0.637. The van der Waals surface area contributed by atoms with Crippen molar-refractivity contribution in [2.24, 2.45) is 0 Å². The number of hydrogen-bond acceptors (Lipinski definition) is 3. The molecule has 0 bridgehead atoms. The molecule has 1 aliphatic heterocycles. The maximum Gasteiger partial charge on any atom is 0.192 e. The SMILES string of the molecule is N=C1C(=S)N(c2ccc(Br)cc2)C(=S)N1c1ccc(Br)cc1. The number of rotatable bonds is 2. The molecule has 110 valence electrons. The molecule has 0 amide bonds. The fraction of sp³-hybridized carbons (Fsp3) is 0. The second-order valence-corrected chi connectivity index (χ2v) is 7.14. The lowest BCUT2D eigenvalue weighted by molar-refractivity contribution is 1.38. The molecule has 0 unspecified atom stereocenters. The summed E-state index contributed by atoms with van der Waals surface area (Å²) in [5, 5.41) is 8.78. The van der Waals surface area contributed by atoms with Crippen LogP contribution in [0.1, 0.15) is 0 Å². The topological polar surface area (TPSA) is 30.3 Å². The molecule has 2 aromatic carbocycles. The van der Waals surface area contributed by atoms with Crippen molar-refractivity contribution in [3.63, 3.8) is 0 Å². The molecule has 1 N–H and O–H groups in total. The van der Waals surface area contributed by atoms with Crippen molar-refractivity contribution in [3.05, 3.63) is 57.5 Å². The van der Waals surface area contributed by atoms with E-state index in [0.29, 0.717) is 10.1 Å². The van der Waals surface area contributed by atoms with Crippen LogP contribution in [0.5, 0.6) is 0 Å². The van der Waals surface area contributed by atoms with E-state index in [1.165, 1.54) is 0 Å². The molecule has 3 rings (SSSR count). The number of nitrogens with one attached hydrogen (secondary N) is 1. The summed E-state index contributed by atoms with van der Waals surface area (Å²) in [7, 11) is 0. The van der Waals surface area contributed by atoms with Gasteiger partial charge < -0.3 is 0 Å². The van der Waals surface area contributed by atoms with E-state index in [1.54, 1.807) is 9.80 Å². The molecule has 1 fully saturated rings. The highest BCUT2D eigenvalue weighted by atomic mass is 79.9. The number of thiocarbonyl (C=S) groups is 2. The zero-order valence-corrected chi connectivity index (χ0v) is 15.9. The van der Waals surface area contributed by atoms with Crippen LogP contribution in [-0.4, -0.2) is 15.9 Å². The van der Waals surface area contributed by atoms with Crippen molar-refractivity contribution in [1.29, 1.82) is 5.41 Å². The average Bonchev–Trinajstić information content (AvgIpc) is 2.72. The Bertz CT molecular complexity index is 707. The van der Waals surface area contributed by atoms with Gasteiger partial charge in [-0.2, -0.15) is 0 Å². The number of benzene rings is 2. The number of hydrogen-bond donors (Lipinski definition) is 1. The molecular weight excluding hydrogens is 446 g/mol. The minimum atomic E-state index is 0.213. The largest absolute Gasteiger partial charge is 0.281 e. The molecule has 7 heteroatoms. The summed E-state index contributed by atoms with van der Waals surface area (Å²) in [4.78, 5) is 3.81. The molecule has 0 spiro atoms. The summed E-state index contributed by atoms with van der Waals surface area (Å²) in [6.07, 6.45) is 0. The van der Waals surface area contributed by atoms with Crippen LogP contribution in [-0.2, 0) is 0 Å². The maximum atomic E-state index is 8.29. The van der Waals surface area contributed by atoms with E-state index < -0.39 is 0 Å². The first-order valence-electron chi connectivity index (χ1n) is 6.27. The molecule has 1 heterocycles. The van der Waals surface area contributed by atoms with Gasteiger partial charge in [-0.05, 0) is 60.7 Å². The standard InChI is InChI=1S/C15H9Br2N3S2/c16-9-1-5-11(6-2-9)19-13(18)14(21)20(15(19)22)12-7-3-10(17)4-8-12/h1-8,18H. The van der Waals surface area contributed by atoms with Crippen LogP contribution in [0.2, 0.25) is 0 Å².